The molecule has 0 spiro atoms. The largest absolute Gasteiger partial charge is 0.309 e. The second kappa shape index (κ2) is 5.36. The molecule has 2 fully saturated rings. The van der Waals surface area contributed by atoms with E-state index in [1.165, 1.54) is 4.68 Å². The lowest BCUT2D eigenvalue weighted by molar-refractivity contribution is -0.118. The highest BCUT2D eigenvalue weighted by Gasteiger charge is 2.59. The van der Waals surface area contributed by atoms with Crippen molar-refractivity contribution in [2.45, 2.75) is 24.8 Å². The van der Waals surface area contributed by atoms with Crippen LogP contribution in [0, 0.1) is 17.2 Å². The zero-order valence-corrected chi connectivity index (χ0v) is 14.1. The van der Waals surface area contributed by atoms with Crippen LogP contribution in [0.5, 0.6) is 0 Å². The molecule has 9 heteroatoms. The van der Waals surface area contributed by atoms with Crippen molar-refractivity contribution in [2.24, 2.45) is 5.92 Å². The number of alkyl halides is 2. The Morgan fingerprint density at radius 1 is 1.26 bits per heavy atom. The summed E-state index contributed by atoms with van der Waals surface area (Å²) in [7, 11) is 0. The van der Waals surface area contributed by atoms with E-state index >= 15 is 0 Å². The van der Waals surface area contributed by atoms with E-state index in [9.17, 15) is 13.6 Å². The van der Waals surface area contributed by atoms with Gasteiger partial charge in [0, 0.05) is 42.7 Å². The number of aromatic nitrogens is 4. The van der Waals surface area contributed by atoms with E-state index in [0.717, 1.165) is 5.56 Å². The molecule has 0 radical (unpaired) electrons. The third-order valence-electron chi connectivity index (χ3n) is 5.19. The lowest BCUT2D eigenvalue weighted by Gasteiger charge is -2.16. The first kappa shape index (κ1) is 15.9. The van der Waals surface area contributed by atoms with Crippen molar-refractivity contribution >= 4 is 17.1 Å². The van der Waals surface area contributed by atoms with Gasteiger partial charge in [-0.3, -0.25) is 9.48 Å². The van der Waals surface area contributed by atoms with Crippen LogP contribution in [0.1, 0.15) is 18.9 Å². The summed E-state index contributed by atoms with van der Waals surface area (Å²) in [6.45, 7) is 0.478. The molecule has 1 aliphatic carbocycles. The second-order valence-corrected chi connectivity index (χ2v) is 6.93. The number of carbonyl (C=O) groups is 1. The zero-order valence-electron chi connectivity index (χ0n) is 14.1. The highest BCUT2D eigenvalue weighted by molar-refractivity contribution is 6.02. The molecule has 1 amide bonds. The fourth-order valence-electron chi connectivity index (χ4n) is 3.57. The number of carbonyl (C=O) groups excluding carboxylic acids is 1. The van der Waals surface area contributed by atoms with E-state index in [1.54, 1.807) is 40.3 Å². The van der Waals surface area contributed by atoms with Crippen LogP contribution in [-0.4, -0.2) is 37.8 Å². The molecular formula is C18H14F2N6O. The average Bonchev–Trinajstić information content (AvgIpc) is 3.12. The van der Waals surface area contributed by atoms with Gasteiger partial charge < -0.3 is 4.90 Å². The minimum absolute atomic E-state index is 0.186. The smallest absolute Gasteiger partial charge is 0.272 e. The fraction of sp³-hybridized carbons (Fsp3) is 0.333. The average molecular weight is 368 g/mol. The molecule has 0 aromatic carbocycles. The Morgan fingerprint density at radius 3 is 2.78 bits per heavy atom. The van der Waals surface area contributed by atoms with Gasteiger partial charge in [0.2, 0.25) is 5.91 Å². The summed E-state index contributed by atoms with van der Waals surface area (Å²) in [4.78, 5) is 14.0. The van der Waals surface area contributed by atoms with Crippen LogP contribution in [0.3, 0.4) is 0 Å². The number of halogens is 2. The highest BCUT2D eigenvalue weighted by atomic mass is 19.3. The second-order valence-electron chi connectivity index (χ2n) is 6.93. The Bertz CT molecular complexity index is 1110. The number of amides is 1. The van der Waals surface area contributed by atoms with Crippen LogP contribution in [-0.2, 0) is 4.79 Å². The topological polar surface area (TPSA) is 79.2 Å². The molecule has 2 unspecified atom stereocenters. The molecule has 0 bridgehead atoms. The van der Waals surface area contributed by atoms with E-state index in [0.29, 0.717) is 29.7 Å². The Hall–Kier alpha value is -3.28. The molecule has 4 heterocycles. The molecule has 27 heavy (non-hydrogen) atoms. The molecule has 1 saturated carbocycles. The molecule has 136 valence electrons. The van der Waals surface area contributed by atoms with Gasteiger partial charge in [0.1, 0.15) is 12.0 Å². The molecule has 2 atom stereocenters. The van der Waals surface area contributed by atoms with Crippen molar-refractivity contribution in [3.8, 4) is 17.2 Å². The molecule has 5 rings (SSSR count). The van der Waals surface area contributed by atoms with Gasteiger partial charge in [0.05, 0.1) is 23.5 Å². The summed E-state index contributed by atoms with van der Waals surface area (Å²) < 4.78 is 29.4. The van der Waals surface area contributed by atoms with Crippen molar-refractivity contribution in [1.82, 2.24) is 19.4 Å². The molecule has 1 saturated heterocycles. The van der Waals surface area contributed by atoms with E-state index in [4.69, 9.17) is 5.26 Å². The van der Waals surface area contributed by atoms with Crippen LogP contribution < -0.4 is 4.90 Å². The Morgan fingerprint density at radius 2 is 2.07 bits per heavy atom. The van der Waals surface area contributed by atoms with E-state index in [1.807, 2.05) is 12.1 Å². The van der Waals surface area contributed by atoms with Crippen molar-refractivity contribution in [3.63, 3.8) is 0 Å². The quantitative estimate of drug-likeness (QED) is 0.712. The minimum Gasteiger partial charge on any atom is -0.309 e. The van der Waals surface area contributed by atoms with Crippen LogP contribution in [0.4, 0.5) is 14.5 Å². The minimum atomic E-state index is -2.68. The van der Waals surface area contributed by atoms with Crippen LogP contribution >= 0.6 is 0 Å². The first-order valence-corrected chi connectivity index (χ1v) is 8.59. The van der Waals surface area contributed by atoms with E-state index in [2.05, 4.69) is 10.2 Å². The summed E-state index contributed by atoms with van der Waals surface area (Å²) in [5.74, 6) is -3.51. The third kappa shape index (κ3) is 2.40. The number of rotatable bonds is 3. The van der Waals surface area contributed by atoms with Crippen molar-refractivity contribution < 1.29 is 13.6 Å². The van der Waals surface area contributed by atoms with Gasteiger partial charge in [-0.2, -0.15) is 15.5 Å². The molecule has 3 aromatic rings. The molecule has 0 N–H and O–H groups in total. The summed E-state index contributed by atoms with van der Waals surface area (Å²) in [6.07, 6.45) is 6.83. The molecule has 3 aromatic heterocycles. The van der Waals surface area contributed by atoms with Gasteiger partial charge in [0.15, 0.2) is 0 Å². The molecule has 1 aliphatic heterocycles. The molecular weight excluding hydrogens is 354 g/mol. The predicted molar refractivity (Wildman–Crippen MR) is 91.1 cm³/mol. The fourth-order valence-corrected chi connectivity index (χ4v) is 3.57. The normalized spacial score (nSPS) is 23.7. The van der Waals surface area contributed by atoms with Crippen LogP contribution in [0.25, 0.3) is 16.6 Å². The number of fused-ring (bicyclic) bond motifs is 1. The molecule has 7 nitrogen and oxygen atoms in total. The van der Waals surface area contributed by atoms with Crippen LogP contribution in [0.15, 0.2) is 36.9 Å². The van der Waals surface area contributed by atoms with Crippen molar-refractivity contribution in [3.05, 3.63) is 36.9 Å². The standard InChI is InChI=1S/C18H14F2N6O/c19-18(20)6-16(18)26-10-13(8-23-26)12-5-15-14(1-3-22-25(15)9-12)24-4-2-11(7-21)17(24)27/h1,3,5,8-11,16H,2,4,6H2. The first-order valence-electron chi connectivity index (χ1n) is 8.59. The maximum absolute atomic E-state index is 13.2. The SMILES string of the molecule is N#CC1CCN(c2ccnn3cc(-c4cnn(C5CC5(F)F)c4)cc23)C1=O. The monoisotopic (exact) mass is 368 g/mol. The van der Waals surface area contributed by atoms with Crippen molar-refractivity contribution in [2.75, 3.05) is 11.4 Å². The summed E-state index contributed by atoms with van der Waals surface area (Å²) in [5.41, 5.74) is 2.87. The van der Waals surface area contributed by atoms with Gasteiger partial charge in [-0.15, -0.1) is 0 Å². The number of nitriles is 1. The summed E-state index contributed by atoms with van der Waals surface area (Å²) in [5, 5.41) is 17.4. The number of anilines is 1. The summed E-state index contributed by atoms with van der Waals surface area (Å²) in [6, 6.07) is 4.75. The zero-order chi connectivity index (χ0) is 18.8. The van der Waals surface area contributed by atoms with Gasteiger partial charge in [-0.05, 0) is 18.6 Å². The predicted octanol–water partition coefficient (Wildman–Crippen LogP) is 2.65. The van der Waals surface area contributed by atoms with Gasteiger partial charge in [0.25, 0.3) is 5.92 Å². The van der Waals surface area contributed by atoms with Crippen molar-refractivity contribution in [1.29, 1.82) is 5.26 Å². The van der Waals surface area contributed by atoms with Gasteiger partial charge >= 0.3 is 0 Å². The Kier molecular flexibility index (Phi) is 3.16. The van der Waals surface area contributed by atoms with E-state index < -0.39 is 17.9 Å². The summed E-state index contributed by atoms with van der Waals surface area (Å²) >= 11 is 0. The lowest BCUT2D eigenvalue weighted by atomic mass is 10.1. The van der Waals surface area contributed by atoms with E-state index in [-0.39, 0.29) is 12.3 Å². The third-order valence-corrected chi connectivity index (χ3v) is 5.19. The van der Waals surface area contributed by atoms with Gasteiger partial charge in [-0.1, -0.05) is 0 Å². The van der Waals surface area contributed by atoms with Gasteiger partial charge in [-0.25, -0.2) is 13.3 Å². The number of hydrogen-bond donors (Lipinski definition) is 0. The Labute approximate surface area is 152 Å². The van der Waals surface area contributed by atoms with Crippen LogP contribution in [0.2, 0.25) is 0 Å². The maximum Gasteiger partial charge on any atom is 0.272 e. The number of hydrogen-bond acceptors (Lipinski definition) is 4. The number of nitrogens with zero attached hydrogens (tertiary/aromatic N) is 6. The Balaban J connectivity index is 1.52. The first-order chi connectivity index (χ1) is 13.0. The highest BCUT2D eigenvalue weighted by Crippen LogP contribution is 2.52. The maximum atomic E-state index is 13.2. The lowest BCUT2D eigenvalue weighted by Crippen LogP contribution is -2.27. The molecule has 2 aliphatic rings.